The van der Waals surface area contributed by atoms with Crippen LogP contribution in [0.25, 0.3) is 0 Å². The number of hydrogen-bond acceptors (Lipinski definition) is 2. The van der Waals surface area contributed by atoms with Gasteiger partial charge in [0, 0.05) is 12.5 Å². The van der Waals surface area contributed by atoms with Gasteiger partial charge in [-0.3, -0.25) is 0 Å². The zero-order chi connectivity index (χ0) is 11.1. The number of benzene rings is 1. The molecule has 2 nitrogen and oxygen atoms in total. The van der Waals surface area contributed by atoms with Crippen molar-refractivity contribution in [3.63, 3.8) is 0 Å². The molecule has 0 amide bonds. The summed E-state index contributed by atoms with van der Waals surface area (Å²) >= 11 is 0. The van der Waals surface area contributed by atoms with Crippen LogP contribution in [0.5, 0.6) is 5.75 Å². The van der Waals surface area contributed by atoms with Crippen molar-refractivity contribution in [1.82, 2.24) is 0 Å². The predicted molar refractivity (Wildman–Crippen MR) is 62.0 cm³/mol. The average Bonchev–Trinajstić information content (AvgIpc) is 2.61. The van der Waals surface area contributed by atoms with Crippen molar-refractivity contribution < 1.29 is 4.74 Å². The Bertz CT molecular complexity index is 365. The highest BCUT2D eigenvalue weighted by Gasteiger charge is 2.23. The van der Waals surface area contributed by atoms with E-state index in [2.05, 4.69) is 32.9 Å². The molecule has 0 spiro atoms. The Hall–Kier alpha value is -1.02. The highest BCUT2D eigenvalue weighted by molar-refractivity contribution is 5.41. The van der Waals surface area contributed by atoms with Crippen LogP contribution in [0.15, 0.2) is 18.2 Å². The fourth-order valence-electron chi connectivity index (χ4n) is 1.90. The summed E-state index contributed by atoms with van der Waals surface area (Å²) in [5, 5.41) is 0. The first-order valence-corrected chi connectivity index (χ1v) is 5.50. The van der Waals surface area contributed by atoms with Gasteiger partial charge in [0.25, 0.3) is 0 Å². The maximum Gasteiger partial charge on any atom is 0.122 e. The van der Waals surface area contributed by atoms with E-state index in [9.17, 15) is 0 Å². The molecule has 15 heavy (non-hydrogen) atoms. The van der Waals surface area contributed by atoms with Crippen molar-refractivity contribution in [3.05, 3.63) is 29.3 Å². The summed E-state index contributed by atoms with van der Waals surface area (Å²) in [7, 11) is 0. The van der Waals surface area contributed by atoms with E-state index in [0.29, 0.717) is 0 Å². The molecule has 0 radical (unpaired) electrons. The molecule has 0 aliphatic carbocycles. The average molecular weight is 205 g/mol. The quantitative estimate of drug-likeness (QED) is 0.765. The predicted octanol–water partition coefficient (Wildman–Crippen LogP) is 2.67. The van der Waals surface area contributed by atoms with Crippen LogP contribution in [0, 0.1) is 5.41 Å². The highest BCUT2D eigenvalue weighted by Crippen LogP contribution is 2.34. The Morgan fingerprint density at radius 1 is 1.33 bits per heavy atom. The van der Waals surface area contributed by atoms with Crippen molar-refractivity contribution in [2.75, 3.05) is 6.61 Å². The fourth-order valence-corrected chi connectivity index (χ4v) is 1.90. The molecule has 2 heteroatoms. The molecule has 1 aromatic carbocycles. The van der Waals surface area contributed by atoms with E-state index >= 15 is 0 Å². The van der Waals surface area contributed by atoms with Gasteiger partial charge in [-0.05, 0) is 22.6 Å². The first-order chi connectivity index (χ1) is 6.98. The highest BCUT2D eigenvalue weighted by atomic mass is 16.5. The second kappa shape index (κ2) is 3.53. The molecule has 0 bridgehead atoms. The van der Waals surface area contributed by atoms with Gasteiger partial charge in [-0.1, -0.05) is 32.9 Å². The van der Waals surface area contributed by atoms with E-state index in [4.69, 9.17) is 10.5 Å². The molecule has 2 N–H and O–H groups in total. The summed E-state index contributed by atoms with van der Waals surface area (Å²) in [6.45, 7) is 7.31. The molecule has 1 atom stereocenters. The van der Waals surface area contributed by atoms with Crippen molar-refractivity contribution in [3.8, 4) is 5.75 Å². The zero-order valence-electron chi connectivity index (χ0n) is 9.71. The Balaban J connectivity index is 2.31. The van der Waals surface area contributed by atoms with Gasteiger partial charge < -0.3 is 10.5 Å². The third-order valence-corrected chi connectivity index (χ3v) is 3.01. The van der Waals surface area contributed by atoms with Gasteiger partial charge in [0.05, 0.1) is 6.61 Å². The molecule has 1 aliphatic heterocycles. The maximum atomic E-state index is 6.23. The molecule has 1 aromatic rings. The lowest BCUT2D eigenvalue weighted by Gasteiger charge is -2.27. The van der Waals surface area contributed by atoms with E-state index in [1.807, 2.05) is 6.07 Å². The minimum absolute atomic E-state index is 0.0865. The number of rotatable bonds is 1. The summed E-state index contributed by atoms with van der Waals surface area (Å²) < 4.78 is 5.48. The molecule has 1 aliphatic rings. The van der Waals surface area contributed by atoms with Gasteiger partial charge in [0.2, 0.25) is 0 Å². The van der Waals surface area contributed by atoms with E-state index in [-0.39, 0.29) is 11.5 Å². The zero-order valence-corrected chi connectivity index (χ0v) is 9.71. The summed E-state index contributed by atoms with van der Waals surface area (Å²) in [5.41, 5.74) is 8.84. The lowest BCUT2D eigenvalue weighted by atomic mass is 9.82. The molecule has 82 valence electrons. The fraction of sp³-hybridized carbons (Fsp3) is 0.538. The molecule has 2 rings (SSSR count). The van der Waals surface area contributed by atoms with E-state index in [1.54, 1.807) is 0 Å². The van der Waals surface area contributed by atoms with Gasteiger partial charge >= 0.3 is 0 Å². The van der Waals surface area contributed by atoms with Gasteiger partial charge in [-0.15, -0.1) is 0 Å². The largest absolute Gasteiger partial charge is 0.493 e. The number of ether oxygens (including phenoxy) is 1. The minimum Gasteiger partial charge on any atom is -0.493 e. The standard InChI is InChI=1S/C13H19NO/c1-13(2,3)12(14)10-4-5-11-9(8-10)6-7-15-11/h4-5,8,12H,6-7,14H2,1-3H3/t12-/m1/s1. The van der Waals surface area contributed by atoms with E-state index in [0.717, 1.165) is 18.8 Å². The van der Waals surface area contributed by atoms with Gasteiger partial charge in [-0.2, -0.15) is 0 Å². The molecule has 0 fully saturated rings. The third kappa shape index (κ3) is 2.00. The molecule has 1 heterocycles. The van der Waals surface area contributed by atoms with E-state index < -0.39 is 0 Å². The number of hydrogen-bond donors (Lipinski definition) is 1. The van der Waals surface area contributed by atoms with Crippen LogP contribution in [0.3, 0.4) is 0 Å². The lowest BCUT2D eigenvalue weighted by Crippen LogP contribution is -2.26. The lowest BCUT2D eigenvalue weighted by molar-refractivity contribution is 0.326. The molecular weight excluding hydrogens is 186 g/mol. The van der Waals surface area contributed by atoms with Gasteiger partial charge in [0.1, 0.15) is 5.75 Å². The van der Waals surface area contributed by atoms with Crippen LogP contribution in [0.4, 0.5) is 0 Å². The first kappa shape index (κ1) is 10.5. The van der Waals surface area contributed by atoms with Crippen LogP contribution in [-0.4, -0.2) is 6.61 Å². The second-order valence-corrected chi connectivity index (χ2v) is 5.31. The Morgan fingerprint density at radius 2 is 2.07 bits per heavy atom. The monoisotopic (exact) mass is 205 g/mol. The molecule has 0 unspecified atom stereocenters. The number of fused-ring (bicyclic) bond motifs is 1. The summed E-state index contributed by atoms with van der Waals surface area (Å²) in [6, 6.07) is 6.41. The van der Waals surface area contributed by atoms with Crippen LogP contribution in [0.1, 0.15) is 37.9 Å². The maximum absolute atomic E-state index is 6.23. The second-order valence-electron chi connectivity index (χ2n) is 5.31. The summed E-state index contributed by atoms with van der Waals surface area (Å²) in [4.78, 5) is 0. The smallest absolute Gasteiger partial charge is 0.122 e. The van der Waals surface area contributed by atoms with Crippen molar-refractivity contribution in [1.29, 1.82) is 0 Å². The minimum atomic E-state index is 0.0865. The van der Waals surface area contributed by atoms with Crippen LogP contribution < -0.4 is 10.5 Å². The Morgan fingerprint density at radius 3 is 2.73 bits per heavy atom. The van der Waals surface area contributed by atoms with Crippen LogP contribution in [0.2, 0.25) is 0 Å². The first-order valence-electron chi connectivity index (χ1n) is 5.50. The van der Waals surface area contributed by atoms with Crippen LogP contribution in [-0.2, 0) is 6.42 Å². The topological polar surface area (TPSA) is 35.2 Å². The SMILES string of the molecule is CC(C)(C)[C@H](N)c1ccc2c(c1)CCO2. The molecular formula is C13H19NO. The Labute approximate surface area is 91.4 Å². The number of nitrogens with two attached hydrogens (primary N) is 1. The van der Waals surface area contributed by atoms with Gasteiger partial charge in [-0.25, -0.2) is 0 Å². The summed E-state index contributed by atoms with van der Waals surface area (Å²) in [6.07, 6.45) is 1.01. The summed E-state index contributed by atoms with van der Waals surface area (Å²) in [5.74, 6) is 1.03. The third-order valence-electron chi connectivity index (χ3n) is 3.01. The van der Waals surface area contributed by atoms with Crippen LogP contribution >= 0.6 is 0 Å². The Kier molecular flexibility index (Phi) is 2.47. The van der Waals surface area contributed by atoms with Crippen molar-refractivity contribution in [2.24, 2.45) is 11.1 Å². The van der Waals surface area contributed by atoms with Crippen molar-refractivity contribution in [2.45, 2.75) is 33.2 Å². The van der Waals surface area contributed by atoms with E-state index in [1.165, 1.54) is 11.1 Å². The molecule has 0 saturated heterocycles. The van der Waals surface area contributed by atoms with Gasteiger partial charge in [0.15, 0.2) is 0 Å². The molecule has 0 aromatic heterocycles. The van der Waals surface area contributed by atoms with Crippen molar-refractivity contribution >= 4 is 0 Å². The normalized spacial score (nSPS) is 17.1. The molecule has 0 saturated carbocycles.